The van der Waals surface area contributed by atoms with Gasteiger partial charge in [0.25, 0.3) is 0 Å². The summed E-state index contributed by atoms with van der Waals surface area (Å²) in [6, 6.07) is 8.16. The Morgan fingerprint density at radius 1 is 1.12 bits per heavy atom. The van der Waals surface area contributed by atoms with Crippen LogP contribution in [-0.2, 0) is 16.1 Å². The summed E-state index contributed by atoms with van der Waals surface area (Å²) in [5.74, 6) is 0.448. The molecule has 1 aromatic carbocycles. The van der Waals surface area contributed by atoms with Gasteiger partial charge in [-0.25, -0.2) is 0 Å². The van der Waals surface area contributed by atoms with E-state index in [0.29, 0.717) is 13.1 Å². The van der Waals surface area contributed by atoms with E-state index in [0.717, 1.165) is 25.9 Å². The second-order valence-corrected chi connectivity index (χ2v) is 6.96. The van der Waals surface area contributed by atoms with E-state index in [9.17, 15) is 9.59 Å². The van der Waals surface area contributed by atoms with Gasteiger partial charge in [0, 0.05) is 33.6 Å². The number of hydrogen-bond acceptors (Lipinski definition) is 3. The van der Waals surface area contributed by atoms with Crippen LogP contribution in [0.25, 0.3) is 0 Å². The Labute approximate surface area is 145 Å². The van der Waals surface area contributed by atoms with Gasteiger partial charge in [0.05, 0.1) is 6.54 Å². The van der Waals surface area contributed by atoms with Crippen molar-refractivity contribution >= 4 is 11.8 Å². The third-order valence-electron chi connectivity index (χ3n) is 4.83. The number of carbonyl (C=O) groups excluding carboxylic acids is 2. The smallest absolute Gasteiger partial charge is 0.236 e. The van der Waals surface area contributed by atoms with E-state index < -0.39 is 0 Å². The lowest BCUT2D eigenvalue weighted by molar-refractivity contribution is -0.135. The van der Waals surface area contributed by atoms with Crippen molar-refractivity contribution in [3.05, 3.63) is 35.4 Å². The van der Waals surface area contributed by atoms with E-state index in [1.165, 1.54) is 11.1 Å². The maximum atomic E-state index is 12.5. The second kappa shape index (κ2) is 8.29. The summed E-state index contributed by atoms with van der Waals surface area (Å²) in [5.41, 5.74) is 2.39. The molecule has 1 aliphatic heterocycles. The van der Waals surface area contributed by atoms with Crippen molar-refractivity contribution in [1.29, 1.82) is 0 Å². The van der Waals surface area contributed by atoms with Crippen LogP contribution in [0, 0.1) is 12.8 Å². The zero-order valence-corrected chi connectivity index (χ0v) is 15.3. The van der Waals surface area contributed by atoms with E-state index >= 15 is 0 Å². The molecule has 0 spiro atoms. The number of rotatable bonds is 5. The van der Waals surface area contributed by atoms with Crippen LogP contribution in [0.4, 0.5) is 0 Å². The number of carbonyl (C=O) groups is 2. The summed E-state index contributed by atoms with van der Waals surface area (Å²) in [7, 11) is 5.47. The molecule has 2 amide bonds. The highest BCUT2D eigenvalue weighted by atomic mass is 16.2. The highest BCUT2D eigenvalue weighted by Gasteiger charge is 2.27. The first-order valence-electron chi connectivity index (χ1n) is 8.60. The fourth-order valence-electron chi connectivity index (χ4n) is 3.15. The van der Waals surface area contributed by atoms with Gasteiger partial charge in [0.2, 0.25) is 11.8 Å². The standard InChI is InChI=1S/C19H29N3O2/c1-15-7-5-6-8-17(15)13-21(4)18(23)14-22-11-9-16(10-12-22)19(24)20(2)3/h5-8,16H,9-14H2,1-4H3. The quantitative estimate of drug-likeness (QED) is 0.826. The third-order valence-corrected chi connectivity index (χ3v) is 4.83. The highest BCUT2D eigenvalue weighted by Crippen LogP contribution is 2.19. The monoisotopic (exact) mass is 331 g/mol. The number of benzene rings is 1. The van der Waals surface area contributed by atoms with Crippen molar-refractivity contribution in [3.63, 3.8) is 0 Å². The van der Waals surface area contributed by atoms with Gasteiger partial charge in [-0.15, -0.1) is 0 Å². The zero-order valence-electron chi connectivity index (χ0n) is 15.3. The van der Waals surface area contributed by atoms with Gasteiger partial charge in [-0.05, 0) is 44.0 Å². The van der Waals surface area contributed by atoms with Crippen LogP contribution in [-0.4, -0.2) is 67.3 Å². The van der Waals surface area contributed by atoms with Crippen molar-refractivity contribution in [2.24, 2.45) is 5.92 Å². The Bertz CT molecular complexity index is 578. The summed E-state index contributed by atoms with van der Waals surface area (Å²) in [4.78, 5) is 30.1. The molecule has 0 aliphatic carbocycles. The highest BCUT2D eigenvalue weighted by molar-refractivity contribution is 5.79. The van der Waals surface area contributed by atoms with Crippen LogP contribution in [0.1, 0.15) is 24.0 Å². The Morgan fingerprint density at radius 2 is 1.75 bits per heavy atom. The van der Waals surface area contributed by atoms with Gasteiger partial charge >= 0.3 is 0 Å². The minimum absolute atomic E-state index is 0.107. The molecule has 1 aliphatic rings. The molecule has 1 heterocycles. The number of likely N-dealkylation sites (tertiary alicyclic amines) is 1. The van der Waals surface area contributed by atoms with Crippen LogP contribution in [0.3, 0.4) is 0 Å². The zero-order chi connectivity index (χ0) is 17.7. The summed E-state index contributed by atoms with van der Waals surface area (Å²) >= 11 is 0. The first-order chi connectivity index (χ1) is 11.4. The molecule has 2 rings (SSSR count). The number of nitrogens with zero attached hydrogens (tertiary/aromatic N) is 3. The number of piperidine rings is 1. The van der Waals surface area contributed by atoms with E-state index in [4.69, 9.17) is 0 Å². The van der Waals surface area contributed by atoms with Crippen molar-refractivity contribution in [1.82, 2.24) is 14.7 Å². The molecule has 0 aromatic heterocycles. The lowest BCUT2D eigenvalue weighted by atomic mass is 9.95. The largest absolute Gasteiger partial charge is 0.349 e. The number of amides is 2. The summed E-state index contributed by atoms with van der Waals surface area (Å²) in [5, 5.41) is 0. The van der Waals surface area contributed by atoms with Crippen molar-refractivity contribution < 1.29 is 9.59 Å². The van der Waals surface area contributed by atoms with Crippen molar-refractivity contribution in [3.8, 4) is 0 Å². The van der Waals surface area contributed by atoms with Crippen LogP contribution in [0.2, 0.25) is 0 Å². The Hall–Kier alpha value is -1.88. The first-order valence-corrected chi connectivity index (χ1v) is 8.60. The lowest BCUT2D eigenvalue weighted by Gasteiger charge is -2.33. The molecule has 1 saturated heterocycles. The molecule has 1 aromatic rings. The Balaban J connectivity index is 1.81. The van der Waals surface area contributed by atoms with Crippen molar-refractivity contribution in [2.45, 2.75) is 26.3 Å². The maximum Gasteiger partial charge on any atom is 0.236 e. The molecule has 5 heteroatoms. The van der Waals surface area contributed by atoms with E-state index in [1.807, 2.05) is 19.2 Å². The predicted molar refractivity (Wildman–Crippen MR) is 95.5 cm³/mol. The van der Waals surface area contributed by atoms with Gasteiger partial charge in [-0.2, -0.15) is 0 Å². The topological polar surface area (TPSA) is 43.9 Å². The molecule has 5 nitrogen and oxygen atoms in total. The van der Waals surface area contributed by atoms with Crippen LogP contribution in [0.5, 0.6) is 0 Å². The average molecular weight is 331 g/mol. The van der Waals surface area contributed by atoms with Gasteiger partial charge in [0.15, 0.2) is 0 Å². The average Bonchev–Trinajstić information content (AvgIpc) is 2.56. The Kier molecular flexibility index (Phi) is 6.37. The first kappa shape index (κ1) is 18.5. The SMILES string of the molecule is Cc1ccccc1CN(C)C(=O)CN1CCC(C(=O)N(C)C)CC1. The third kappa shape index (κ3) is 4.81. The molecule has 24 heavy (non-hydrogen) atoms. The molecular weight excluding hydrogens is 302 g/mol. The summed E-state index contributed by atoms with van der Waals surface area (Å²) in [6.07, 6.45) is 1.68. The van der Waals surface area contributed by atoms with Gasteiger partial charge in [-0.3, -0.25) is 14.5 Å². The molecule has 0 atom stereocenters. The molecule has 0 radical (unpaired) electrons. The molecule has 0 bridgehead atoms. The lowest BCUT2D eigenvalue weighted by Crippen LogP contribution is -2.44. The molecule has 1 fully saturated rings. The maximum absolute atomic E-state index is 12.5. The fourth-order valence-corrected chi connectivity index (χ4v) is 3.15. The van der Waals surface area contributed by atoms with Crippen LogP contribution in [0.15, 0.2) is 24.3 Å². The minimum Gasteiger partial charge on any atom is -0.349 e. The van der Waals surface area contributed by atoms with Gasteiger partial charge in [-0.1, -0.05) is 24.3 Å². The molecule has 132 valence electrons. The van der Waals surface area contributed by atoms with Crippen molar-refractivity contribution in [2.75, 3.05) is 40.8 Å². The normalized spacial score (nSPS) is 16.0. The number of hydrogen-bond donors (Lipinski definition) is 0. The van der Waals surface area contributed by atoms with E-state index in [2.05, 4.69) is 24.0 Å². The number of likely N-dealkylation sites (N-methyl/N-ethyl adjacent to an activating group) is 1. The molecule has 0 unspecified atom stereocenters. The summed E-state index contributed by atoms with van der Waals surface area (Å²) < 4.78 is 0. The van der Waals surface area contributed by atoms with E-state index in [-0.39, 0.29) is 17.7 Å². The van der Waals surface area contributed by atoms with Gasteiger partial charge < -0.3 is 9.80 Å². The fraction of sp³-hybridized carbons (Fsp3) is 0.579. The predicted octanol–water partition coefficient (Wildman–Crippen LogP) is 1.75. The summed E-state index contributed by atoms with van der Waals surface area (Å²) in [6.45, 7) is 4.77. The second-order valence-electron chi connectivity index (χ2n) is 6.96. The van der Waals surface area contributed by atoms with Gasteiger partial charge in [0.1, 0.15) is 0 Å². The van der Waals surface area contributed by atoms with Crippen LogP contribution < -0.4 is 0 Å². The molecular formula is C19H29N3O2. The van der Waals surface area contributed by atoms with E-state index in [1.54, 1.807) is 23.9 Å². The number of aryl methyl sites for hydroxylation is 1. The molecule has 0 N–H and O–H groups in total. The molecule has 0 saturated carbocycles. The Morgan fingerprint density at radius 3 is 2.33 bits per heavy atom. The minimum atomic E-state index is 0.107. The van der Waals surface area contributed by atoms with Crippen LogP contribution >= 0.6 is 0 Å².